The summed E-state index contributed by atoms with van der Waals surface area (Å²) in [5.74, 6) is -0.0529. The summed E-state index contributed by atoms with van der Waals surface area (Å²) in [6.45, 7) is 6.13. The Hall–Kier alpha value is -1.99. The summed E-state index contributed by atoms with van der Waals surface area (Å²) in [6, 6.07) is -0.133. The van der Waals surface area contributed by atoms with Crippen LogP contribution in [0.25, 0.3) is 0 Å². The number of amides is 4. The first-order valence-corrected chi connectivity index (χ1v) is 9.10. The normalized spacial score (nSPS) is 31.5. The van der Waals surface area contributed by atoms with E-state index in [1.807, 2.05) is 20.8 Å². The Morgan fingerprint density at radius 1 is 1.08 bits per heavy atom. The summed E-state index contributed by atoms with van der Waals surface area (Å²) in [6.07, 6.45) is 3.66. The van der Waals surface area contributed by atoms with Crippen molar-refractivity contribution in [2.75, 3.05) is 6.54 Å². The molecule has 2 atom stereocenters. The highest BCUT2D eigenvalue weighted by Gasteiger charge is 2.50. The number of carbonyl (C=O) groups is 3. The molecular weight excluding hydrogens is 324 g/mol. The van der Waals surface area contributed by atoms with Gasteiger partial charge in [0, 0.05) is 18.6 Å². The molecule has 8 heteroatoms. The molecule has 3 N–H and O–H groups in total. The van der Waals surface area contributed by atoms with Crippen molar-refractivity contribution in [1.82, 2.24) is 20.9 Å². The van der Waals surface area contributed by atoms with Crippen molar-refractivity contribution in [2.45, 2.75) is 82.6 Å². The van der Waals surface area contributed by atoms with Gasteiger partial charge < -0.3 is 25.6 Å². The molecule has 0 bridgehead atoms. The number of hydrogen-bond donors (Lipinski definition) is 3. The average Bonchev–Trinajstić information content (AvgIpc) is 2.84. The number of likely N-dealkylation sites (tertiary alicyclic amines) is 1. The van der Waals surface area contributed by atoms with Crippen molar-refractivity contribution in [3.63, 3.8) is 0 Å². The molecule has 2 aliphatic heterocycles. The van der Waals surface area contributed by atoms with Gasteiger partial charge in [-0.25, -0.2) is 9.59 Å². The zero-order valence-corrected chi connectivity index (χ0v) is 15.1. The number of alkyl carbamates (subject to hydrolysis) is 1. The fourth-order valence-electron chi connectivity index (χ4n) is 3.78. The van der Waals surface area contributed by atoms with Gasteiger partial charge in [-0.1, -0.05) is 0 Å². The second-order valence-electron chi connectivity index (χ2n) is 8.19. The Bertz CT molecular complexity index is 551. The molecule has 25 heavy (non-hydrogen) atoms. The van der Waals surface area contributed by atoms with Gasteiger partial charge in [0.15, 0.2) is 0 Å². The molecule has 3 fully saturated rings. The molecule has 0 unspecified atom stereocenters. The van der Waals surface area contributed by atoms with Crippen LogP contribution in [0.5, 0.6) is 0 Å². The minimum absolute atomic E-state index is 0.0529. The Labute approximate surface area is 148 Å². The molecule has 1 aliphatic carbocycles. The van der Waals surface area contributed by atoms with Crippen LogP contribution in [0.4, 0.5) is 9.59 Å². The van der Waals surface area contributed by atoms with Gasteiger partial charge in [0.05, 0.1) is 6.04 Å². The second-order valence-corrected chi connectivity index (χ2v) is 8.19. The molecule has 2 heterocycles. The number of nitrogens with zero attached hydrogens (tertiary/aromatic N) is 1. The summed E-state index contributed by atoms with van der Waals surface area (Å²) < 4.78 is 5.27. The van der Waals surface area contributed by atoms with Crippen LogP contribution in [0.2, 0.25) is 0 Å². The molecule has 0 aromatic rings. The third kappa shape index (κ3) is 4.16. The van der Waals surface area contributed by atoms with Gasteiger partial charge in [-0.15, -0.1) is 0 Å². The number of fused-ring (bicyclic) bond motifs is 1. The third-order valence-electron chi connectivity index (χ3n) is 5.03. The molecule has 0 radical (unpaired) electrons. The van der Waals surface area contributed by atoms with E-state index >= 15 is 0 Å². The quantitative estimate of drug-likeness (QED) is 0.648. The maximum Gasteiger partial charge on any atom is 0.407 e. The lowest BCUT2D eigenvalue weighted by molar-refractivity contribution is -0.132. The van der Waals surface area contributed by atoms with Gasteiger partial charge in [0.25, 0.3) is 0 Å². The largest absolute Gasteiger partial charge is 0.444 e. The van der Waals surface area contributed by atoms with E-state index in [1.165, 1.54) is 0 Å². The molecule has 3 aliphatic rings. The van der Waals surface area contributed by atoms with Gasteiger partial charge in [0.2, 0.25) is 5.91 Å². The molecule has 2 saturated heterocycles. The van der Waals surface area contributed by atoms with Crippen molar-refractivity contribution in [1.29, 1.82) is 0 Å². The van der Waals surface area contributed by atoms with Crippen LogP contribution in [0.15, 0.2) is 0 Å². The van der Waals surface area contributed by atoms with E-state index in [1.54, 1.807) is 4.90 Å². The Morgan fingerprint density at radius 3 is 2.24 bits per heavy atom. The maximum absolute atomic E-state index is 12.4. The predicted molar refractivity (Wildman–Crippen MR) is 91.0 cm³/mol. The van der Waals surface area contributed by atoms with Gasteiger partial charge in [-0.2, -0.15) is 0 Å². The summed E-state index contributed by atoms with van der Waals surface area (Å²) >= 11 is 0. The van der Waals surface area contributed by atoms with Gasteiger partial charge >= 0.3 is 12.1 Å². The first kappa shape index (κ1) is 17.8. The van der Waals surface area contributed by atoms with E-state index in [4.69, 9.17) is 4.74 Å². The van der Waals surface area contributed by atoms with Crippen LogP contribution in [-0.2, 0) is 9.53 Å². The highest BCUT2D eigenvalue weighted by atomic mass is 16.6. The van der Waals surface area contributed by atoms with Crippen LogP contribution in [0, 0.1) is 0 Å². The lowest BCUT2D eigenvalue weighted by atomic mass is 9.91. The third-order valence-corrected chi connectivity index (χ3v) is 5.03. The number of β-lactam (4-membered cyclic amide) rings is 1. The fraction of sp³-hybridized carbons (Fsp3) is 0.824. The SMILES string of the molecule is CC(C)(C)OC(=O)NC1CCC(NC(=O)N2CC[C@H]3NC(=O)[C@H]32)CC1. The van der Waals surface area contributed by atoms with E-state index in [9.17, 15) is 14.4 Å². The summed E-state index contributed by atoms with van der Waals surface area (Å²) in [7, 11) is 0. The number of carbonyl (C=O) groups excluding carboxylic acids is 3. The summed E-state index contributed by atoms with van der Waals surface area (Å²) in [4.78, 5) is 37.5. The highest BCUT2D eigenvalue weighted by Crippen LogP contribution is 2.26. The van der Waals surface area contributed by atoms with E-state index < -0.39 is 5.60 Å². The van der Waals surface area contributed by atoms with Gasteiger partial charge in [0.1, 0.15) is 11.6 Å². The van der Waals surface area contributed by atoms with Crippen LogP contribution in [-0.4, -0.2) is 59.2 Å². The molecule has 0 aromatic carbocycles. The Morgan fingerprint density at radius 2 is 1.68 bits per heavy atom. The minimum Gasteiger partial charge on any atom is -0.444 e. The zero-order chi connectivity index (χ0) is 18.2. The maximum atomic E-state index is 12.4. The highest BCUT2D eigenvalue weighted by molar-refractivity contribution is 5.94. The molecule has 140 valence electrons. The van der Waals surface area contributed by atoms with E-state index in [0.29, 0.717) is 6.54 Å². The minimum atomic E-state index is -0.503. The zero-order valence-electron chi connectivity index (χ0n) is 15.1. The number of ether oxygens (including phenoxy) is 1. The monoisotopic (exact) mass is 352 g/mol. The van der Waals surface area contributed by atoms with Gasteiger partial charge in [-0.05, 0) is 52.9 Å². The lowest BCUT2D eigenvalue weighted by Gasteiger charge is -2.37. The molecular formula is C17H28N4O4. The first-order chi connectivity index (χ1) is 11.7. The first-order valence-electron chi connectivity index (χ1n) is 9.10. The second kappa shape index (κ2) is 6.72. The lowest BCUT2D eigenvalue weighted by Crippen LogP contribution is -2.66. The van der Waals surface area contributed by atoms with E-state index in [0.717, 1.165) is 32.1 Å². The van der Waals surface area contributed by atoms with Crippen molar-refractivity contribution < 1.29 is 19.1 Å². The molecule has 8 nitrogen and oxygen atoms in total. The topological polar surface area (TPSA) is 99.8 Å². The fourth-order valence-corrected chi connectivity index (χ4v) is 3.78. The number of hydrogen-bond acceptors (Lipinski definition) is 4. The Balaban J connectivity index is 1.40. The van der Waals surface area contributed by atoms with E-state index in [2.05, 4.69) is 16.0 Å². The number of nitrogens with one attached hydrogen (secondary N) is 3. The number of urea groups is 1. The standard InChI is InChI=1S/C17H28N4O4/c1-17(2,3)25-16(24)19-11-6-4-10(5-7-11)18-15(23)21-9-8-12-13(21)14(22)20-12/h10-13H,4-9H2,1-3H3,(H,18,23)(H,19,24)(H,20,22)/t10?,11?,12-,13+/m1/s1. The predicted octanol–water partition coefficient (Wildman–Crippen LogP) is 1.10. The Kier molecular flexibility index (Phi) is 4.79. The summed E-state index contributed by atoms with van der Waals surface area (Å²) in [5, 5.41) is 8.76. The molecule has 0 spiro atoms. The number of rotatable bonds is 2. The van der Waals surface area contributed by atoms with Crippen molar-refractivity contribution in [2.24, 2.45) is 0 Å². The summed E-state index contributed by atoms with van der Waals surface area (Å²) in [5.41, 5.74) is -0.503. The van der Waals surface area contributed by atoms with E-state index in [-0.39, 0.29) is 42.2 Å². The van der Waals surface area contributed by atoms with Crippen molar-refractivity contribution in [3.05, 3.63) is 0 Å². The van der Waals surface area contributed by atoms with Crippen LogP contribution in [0.1, 0.15) is 52.9 Å². The van der Waals surface area contributed by atoms with Crippen molar-refractivity contribution in [3.8, 4) is 0 Å². The molecule has 3 rings (SSSR count). The van der Waals surface area contributed by atoms with Crippen LogP contribution >= 0.6 is 0 Å². The molecule has 1 saturated carbocycles. The van der Waals surface area contributed by atoms with Crippen LogP contribution in [0.3, 0.4) is 0 Å². The smallest absolute Gasteiger partial charge is 0.407 e. The van der Waals surface area contributed by atoms with Crippen LogP contribution < -0.4 is 16.0 Å². The molecule has 4 amide bonds. The molecule has 0 aromatic heterocycles. The van der Waals surface area contributed by atoms with Crippen molar-refractivity contribution >= 4 is 18.0 Å². The van der Waals surface area contributed by atoms with Gasteiger partial charge in [-0.3, -0.25) is 4.79 Å². The average molecular weight is 352 g/mol.